The van der Waals surface area contributed by atoms with Crippen molar-refractivity contribution in [1.82, 2.24) is 24.5 Å². The smallest absolute Gasteiger partial charge is 0.296 e. The minimum absolute atomic E-state index is 0.138. The number of aromatic hydroxyl groups is 1. The molecule has 11 nitrogen and oxygen atoms in total. The number of halogens is 1. The van der Waals surface area contributed by atoms with E-state index in [0.29, 0.717) is 11.3 Å². The van der Waals surface area contributed by atoms with E-state index >= 15 is 0 Å². The molecule has 2 atom stereocenters. The molecule has 0 spiro atoms. The standard InChI is InChI=1S/C25H24FN7O4/c1-12(23-30-21(22(34)25(36)32(23)4)24(35)29-17-10-28-37-11-17)19(20-13(2)31-33(5)14(20)3)18-8-16(26)7-6-15(18)9-27/h6-8,10-12,19,34H,1-5H3,(H,29,35)/t12-,19+/m0/s1. The molecule has 4 aromatic rings. The molecule has 0 aliphatic carbocycles. The normalized spacial score (nSPS) is 12.7. The number of nitrogens with zero attached hydrogens (tertiary/aromatic N) is 6. The van der Waals surface area contributed by atoms with E-state index in [4.69, 9.17) is 4.52 Å². The van der Waals surface area contributed by atoms with Crippen LogP contribution in [0.5, 0.6) is 5.75 Å². The molecule has 3 heterocycles. The average molecular weight is 506 g/mol. The van der Waals surface area contributed by atoms with Crippen LogP contribution in [0.2, 0.25) is 0 Å². The predicted molar refractivity (Wildman–Crippen MR) is 130 cm³/mol. The van der Waals surface area contributed by atoms with E-state index in [-0.39, 0.29) is 17.1 Å². The summed E-state index contributed by atoms with van der Waals surface area (Å²) in [4.78, 5) is 30.2. The molecule has 0 fully saturated rings. The monoisotopic (exact) mass is 505 g/mol. The van der Waals surface area contributed by atoms with Gasteiger partial charge in [-0.2, -0.15) is 10.4 Å². The van der Waals surface area contributed by atoms with E-state index in [0.717, 1.165) is 15.8 Å². The molecular weight excluding hydrogens is 481 g/mol. The second-order valence-corrected chi connectivity index (χ2v) is 8.72. The van der Waals surface area contributed by atoms with E-state index in [1.807, 2.05) is 6.92 Å². The molecule has 190 valence electrons. The van der Waals surface area contributed by atoms with Crippen molar-refractivity contribution in [3.8, 4) is 11.8 Å². The summed E-state index contributed by atoms with van der Waals surface area (Å²) in [6, 6.07) is 5.99. The van der Waals surface area contributed by atoms with Crippen molar-refractivity contribution in [3.05, 3.63) is 86.4 Å². The molecule has 12 heteroatoms. The fraction of sp³-hybridized carbons (Fsp3) is 0.280. The molecule has 1 amide bonds. The summed E-state index contributed by atoms with van der Waals surface area (Å²) in [5.41, 5.74) is 1.65. The van der Waals surface area contributed by atoms with E-state index in [1.54, 1.807) is 25.6 Å². The number of benzene rings is 1. The van der Waals surface area contributed by atoms with E-state index in [1.165, 1.54) is 37.7 Å². The average Bonchev–Trinajstić information content (AvgIpc) is 3.46. The highest BCUT2D eigenvalue weighted by Crippen LogP contribution is 2.42. The second-order valence-electron chi connectivity index (χ2n) is 8.72. The maximum Gasteiger partial charge on any atom is 0.296 e. The summed E-state index contributed by atoms with van der Waals surface area (Å²) in [5.74, 6) is -3.42. The third-order valence-electron chi connectivity index (χ3n) is 6.46. The Bertz CT molecular complexity index is 1600. The fourth-order valence-electron chi connectivity index (χ4n) is 4.59. The number of hydrogen-bond acceptors (Lipinski definition) is 8. The number of carbonyl (C=O) groups excluding carboxylic acids is 1. The highest BCUT2D eigenvalue weighted by Gasteiger charge is 2.34. The molecule has 2 N–H and O–H groups in total. The molecule has 0 radical (unpaired) electrons. The highest BCUT2D eigenvalue weighted by atomic mass is 19.1. The van der Waals surface area contributed by atoms with Crippen molar-refractivity contribution in [3.63, 3.8) is 0 Å². The van der Waals surface area contributed by atoms with Gasteiger partial charge in [0.2, 0.25) is 5.75 Å². The molecule has 0 saturated carbocycles. The van der Waals surface area contributed by atoms with Crippen molar-refractivity contribution in [2.75, 3.05) is 5.32 Å². The third kappa shape index (κ3) is 4.47. The Morgan fingerprint density at radius 2 is 2.03 bits per heavy atom. The maximum atomic E-state index is 14.5. The molecule has 0 unspecified atom stereocenters. The minimum Gasteiger partial charge on any atom is -0.501 e. The number of anilines is 1. The lowest BCUT2D eigenvalue weighted by Crippen LogP contribution is -2.29. The molecule has 1 aromatic carbocycles. The summed E-state index contributed by atoms with van der Waals surface area (Å²) < 4.78 is 22.0. The predicted octanol–water partition coefficient (Wildman–Crippen LogP) is 3.02. The molecule has 0 aliphatic heterocycles. The first kappa shape index (κ1) is 25.3. The summed E-state index contributed by atoms with van der Waals surface area (Å²) >= 11 is 0. The van der Waals surface area contributed by atoms with E-state index < -0.39 is 40.6 Å². The molecule has 4 rings (SSSR count). The van der Waals surface area contributed by atoms with E-state index in [9.17, 15) is 24.3 Å². The second kappa shape index (κ2) is 9.69. The Morgan fingerprint density at radius 1 is 1.30 bits per heavy atom. The van der Waals surface area contributed by atoms with Gasteiger partial charge in [-0.15, -0.1) is 0 Å². The summed E-state index contributed by atoms with van der Waals surface area (Å²) in [6.45, 7) is 5.40. The quantitative estimate of drug-likeness (QED) is 0.406. The van der Waals surface area contributed by atoms with Crippen LogP contribution >= 0.6 is 0 Å². The zero-order valence-electron chi connectivity index (χ0n) is 20.8. The van der Waals surface area contributed by atoms with Crippen molar-refractivity contribution in [2.45, 2.75) is 32.6 Å². The topological polar surface area (TPSA) is 152 Å². The van der Waals surface area contributed by atoms with Gasteiger partial charge in [0.1, 0.15) is 23.6 Å². The van der Waals surface area contributed by atoms with Crippen molar-refractivity contribution in [2.24, 2.45) is 14.1 Å². The first-order valence-corrected chi connectivity index (χ1v) is 11.2. The first-order chi connectivity index (χ1) is 17.5. The van der Waals surface area contributed by atoms with Gasteiger partial charge in [-0.1, -0.05) is 12.1 Å². The Balaban J connectivity index is 1.94. The number of hydrogen-bond donors (Lipinski definition) is 2. The number of amides is 1. The van der Waals surface area contributed by atoms with Gasteiger partial charge in [0.25, 0.3) is 11.5 Å². The Hall–Kier alpha value is -4.79. The van der Waals surface area contributed by atoms with Crippen molar-refractivity contribution >= 4 is 11.6 Å². The summed E-state index contributed by atoms with van der Waals surface area (Å²) in [7, 11) is 3.19. The van der Waals surface area contributed by atoms with Crippen LogP contribution in [0.4, 0.5) is 10.1 Å². The number of nitriles is 1. The Kier molecular flexibility index (Phi) is 6.63. The van der Waals surface area contributed by atoms with Gasteiger partial charge in [-0.3, -0.25) is 18.8 Å². The zero-order valence-corrected chi connectivity index (χ0v) is 20.8. The molecule has 0 saturated heterocycles. The van der Waals surface area contributed by atoms with E-state index in [2.05, 4.69) is 26.6 Å². The first-order valence-electron chi connectivity index (χ1n) is 11.2. The van der Waals surface area contributed by atoms with Crippen LogP contribution in [-0.2, 0) is 14.1 Å². The number of rotatable bonds is 6. The maximum absolute atomic E-state index is 14.5. The number of aryl methyl sites for hydroxylation is 2. The minimum atomic E-state index is -0.847. The van der Waals surface area contributed by atoms with Crippen LogP contribution in [0.1, 0.15) is 63.2 Å². The van der Waals surface area contributed by atoms with Gasteiger partial charge in [-0.25, -0.2) is 9.37 Å². The number of carbonyl (C=O) groups is 1. The molecule has 0 aliphatic rings. The van der Waals surface area contributed by atoms with Crippen LogP contribution < -0.4 is 10.9 Å². The fourth-order valence-corrected chi connectivity index (χ4v) is 4.59. The van der Waals surface area contributed by atoms with Crippen LogP contribution in [0.3, 0.4) is 0 Å². The van der Waals surface area contributed by atoms with Gasteiger partial charge in [0.15, 0.2) is 5.69 Å². The van der Waals surface area contributed by atoms with Crippen LogP contribution in [0, 0.1) is 31.0 Å². The molecule has 3 aromatic heterocycles. The van der Waals surface area contributed by atoms with Crippen molar-refractivity contribution < 1.29 is 18.8 Å². The summed E-state index contributed by atoms with van der Waals surface area (Å²) in [5, 5.41) is 30.7. The van der Waals surface area contributed by atoms with Gasteiger partial charge >= 0.3 is 0 Å². The zero-order chi connectivity index (χ0) is 27.0. The largest absolute Gasteiger partial charge is 0.501 e. The highest BCUT2D eigenvalue weighted by molar-refractivity contribution is 6.04. The van der Waals surface area contributed by atoms with Crippen LogP contribution in [0.15, 0.2) is 40.0 Å². The van der Waals surface area contributed by atoms with Gasteiger partial charge < -0.3 is 14.9 Å². The van der Waals surface area contributed by atoms with Crippen molar-refractivity contribution in [1.29, 1.82) is 5.26 Å². The SMILES string of the molecule is Cc1nn(C)c(C)c1[C@@H](c1cc(F)ccc1C#N)[C@H](C)c1nc(C(=O)Nc2cnoc2)c(O)c(=O)n1C. The summed E-state index contributed by atoms with van der Waals surface area (Å²) in [6.07, 6.45) is 2.42. The lowest BCUT2D eigenvalue weighted by molar-refractivity contribution is 0.101. The van der Waals surface area contributed by atoms with Crippen LogP contribution in [0.25, 0.3) is 0 Å². The Morgan fingerprint density at radius 3 is 2.62 bits per heavy atom. The lowest BCUT2D eigenvalue weighted by atomic mass is 9.78. The van der Waals surface area contributed by atoms with Gasteiger partial charge in [0.05, 0.1) is 23.5 Å². The third-order valence-corrected chi connectivity index (χ3v) is 6.46. The van der Waals surface area contributed by atoms with Gasteiger partial charge in [-0.05, 0) is 37.6 Å². The number of nitrogens with one attached hydrogen (secondary N) is 1. The molecule has 0 bridgehead atoms. The lowest BCUT2D eigenvalue weighted by Gasteiger charge is -2.27. The Labute approximate surface area is 210 Å². The van der Waals surface area contributed by atoms with Gasteiger partial charge in [0, 0.05) is 37.2 Å². The number of aromatic nitrogens is 5. The van der Waals surface area contributed by atoms with Crippen LogP contribution in [-0.4, -0.2) is 35.5 Å². The molecule has 37 heavy (non-hydrogen) atoms. The molecular formula is C25H24FN7O4.